The van der Waals surface area contributed by atoms with E-state index in [0.29, 0.717) is 12.3 Å². The average molecular weight is 320 g/mol. The predicted octanol–water partition coefficient (Wildman–Crippen LogP) is 2.71. The number of para-hydroxylation sites is 1. The Balaban J connectivity index is 2.66. The molecule has 1 unspecified atom stereocenters. The zero-order valence-electron chi connectivity index (χ0n) is 12.9. The first-order chi connectivity index (χ1) is 11.1. The van der Waals surface area contributed by atoms with Crippen molar-refractivity contribution >= 4 is 17.3 Å². The fourth-order valence-corrected chi connectivity index (χ4v) is 1.84. The summed E-state index contributed by atoms with van der Waals surface area (Å²) in [5, 5.41) is 15.9. The van der Waals surface area contributed by atoms with Gasteiger partial charge in [-0.05, 0) is 12.5 Å². The third-order valence-electron chi connectivity index (χ3n) is 3.12. The number of ether oxygens (including phenoxy) is 1. The summed E-state index contributed by atoms with van der Waals surface area (Å²) in [4.78, 5) is 32.4. The van der Waals surface area contributed by atoms with Gasteiger partial charge in [0.05, 0.1) is 6.61 Å². The van der Waals surface area contributed by atoms with E-state index < -0.39 is 17.7 Å². The van der Waals surface area contributed by atoms with Gasteiger partial charge in [-0.3, -0.25) is 10.2 Å². The zero-order chi connectivity index (χ0) is 17.1. The third kappa shape index (κ3) is 6.03. The summed E-state index contributed by atoms with van der Waals surface area (Å²) in [5.74, 6) is -1.15. The summed E-state index contributed by atoms with van der Waals surface area (Å²) in [6, 6.07) is 5.92. The Hall–Kier alpha value is -2.48. The number of anilines is 1. The summed E-state index contributed by atoms with van der Waals surface area (Å²) in [6.07, 6.45) is 1.92. The quantitative estimate of drug-likeness (QED) is 0.369. The van der Waals surface area contributed by atoms with Crippen LogP contribution in [0.15, 0.2) is 34.6 Å². The zero-order valence-corrected chi connectivity index (χ0v) is 12.9. The average Bonchev–Trinajstić information content (AvgIpc) is 2.60. The van der Waals surface area contributed by atoms with Crippen LogP contribution in [-0.4, -0.2) is 37.4 Å². The molecule has 1 rings (SSSR count). The van der Waals surface area contributed by atoms with Crippen LogP contribution in [-0.2, 0) is 9.53 Å². The van der Waals surface area contributed by atoms with Gasteiger partial charge in [0.1, 0.15) is 11.8 Å². The number of benzene rings is 1. The van der Waals surface area contributed by atoms with Gasteiger partial charge in [-0.25, -0.2) is 0 Å². The highest BCUT2D eigenvalue weighted by Gasteiger charge is 2.17. The largest absolute Gasteiger partial charge is 0.382 e. The summed E-state index contributed by atoms with van der Waals surface area (Å²) in [5.41, 5.74) is 0.197. The van der Waals surface area contributed by atoms with E-state index in [4.69, 9.17) is 10.1 Å². The molecule has 0 radical (unpaired) electrons. The number of nitrogens with one attached hydrogen (secondary N) is 2. The smallest absolute Gasteiger partial charge is 0.334 e. The van der Waals surface area contributed by atoms with Crippen molar-refractivity contribution in [2.75, 3.05) is 25.1 Å². The lowest BCUT2D eigenvalue weighted by atomic mass is 10.1. The summed E-state index contributed by atoms with van der Waals surface area (Å²) >= 11 is 0. The Morgan fingerprint density at radius 1 is 1.35 bits per heavy atom. The lowest BCUT2D eigenvalue weighted by Crippen LogP contribution is -2.24. The van der Waals surface area contributed by atoms with Gasteiger partial charge in [-0.15, -0.1) is 4.91 Å². The highest BCUT2D eigenvalue weighted by molar-refractivity contribution is 6.45. The van der Waals surface area contributed by atoms with Crippen LogP contribution >= 0.6 is 0 Å². The molecular formula is C15H20N4O4. The van der Waals surface area contributed by atoms with Crippen molar-refractivity contribution < 1.29 is 9.53 Å². The number of hydrogen-bond donors (Lipinski definition) is 2. The molecule has 2 N–H and O–H groups in total. The minimum absolute atomic E-state index is 0.197. The van der Waals surface area contributed by atoms with Crippen molar-refractivity contribution in [1.29, 1.82) is 5.41 Å². The van der Waals surface area contributed by atoms with Crippen LogP contribution in [0.25, 0.3) is 0 Å². The van der Waals surface area contributed by atoms with Gasteiger partial charge in [0.25, 0.3) is 0 Å². The highest BCUT2D eigenvalue weighted by Crippen LogP contribution is 2.16. The van der Waals surface area contributed by atoms with E-state index in [0.717, 1.165) is 12.8 Å². The van der Waals surface area contributed by atoms with E-state index in [1.54, 1.807) is 18.2 Å². The molecule has 1 aromatic rings. The lowest BCUT2D eigenvalue weighted by molar-refractivity contribution is -0.111. The first-order valence-corrected chi connectivity index (χ1v) is 7.33. The second kappa shape index (κ2) is 10.3. The van der Waals surface area contributed by atoms with Crippen molar-refractivity contribution in [2.45, 2.75) is 25.8 Å². The molecule has 0 spiro atoms. The van der Waals surface area contributed by atoms with Crippen LogP contribution in [0.4, 0.5) is 5.69 Å². The summed E-state index contributed by atoms with van der Waals surface area (Å²) in [6.45, 7) is 3.01. The number of carbonyl (C=O) groups is 1. The lowest BCUT2D eigenvalue weighted by Gasteiger charge is -2.14. The number of amides is 1. The van der Waals surface area contributed by atoms with Gasteiger partial charge in [0.2, 0.25) is 0 Å². The van der Waals surface area contributed by atoms with Crippen LogP contribution < -0.4 is 5.32 Å². The van der Waals surface area contributed by atoms with Crippen LogP contribution in [0, 0.1) is 15.2 Å². The van der Waals surface area contributed by atoms with Crippen molar-refractivity contribution in [2.24, 2.45) is 10.4 Å². The SMILES string of the molecule is CCCCOCC(CNc1ccccc1C(=N)C(=O)N=O)N=O. The van der Waals surface area contributed by atoms with E-state index in [1.165, 1.54) is 6.07 Å². The molecule has 0 bridgehead atoms. The molecule has 124 valence electrons. The molecule has 0 aliphatic carbocycles. The topological polar surface area (TPSA) is 121 Å². The van der Waals surface area contributed by atoms with Crippen molar-refractivity contribution in [3.63, 3.8) is 0 Å². The Labute approximate surface area is 134 Å². The first kappa shape index (κ1) is 18.6. The van der Waals surface area contributed by atoms with Crippen LogP contribution in [0.3, 0.4) is 0 Å². The van der Waals surface area contributed by atoms with E-state index in [-0.39, 0.29) is 18.7 Å². The van der Waals surface area contributed by atoms with E-state index in [9.17, 15) is 14.6 Å². The third-order valence-corrected chi connectivity index (χ3v) is 3.12. The number of carbonyl (C=O) groups excluding carboxylic acids is 1. The minimum Gasteiger partial charge on any atom is -0.382 e. The minimum atomic E-state index is -1.15. The Morgan fingerprint density at radius 2 is 2.09 bits per heavy atom. The maximum absolute atomic E-state index is 11.2. The Bertz CT molecular complexity index is 562. The predicted molar refractivity (Wildman–Crippen MR) is 87.9 cm³/mol. The molecule has 0 fully saturated rings. The molecule has 0 heterocycles. The van der Waals surface area contributed by atoms with Crippen LogP contribution in [0.5, 0.6) is 0 Å². The molecule has 0 aliphatic heterocycles. The van der Waals surface area contributed by atoms with E-state index in [2.05, 4.69) is 15.7 Å². The normalized spacial score (nSPS) is 11.5. The van der Waals surface area contributed by atoms with Gasteiger partial charge in [-0.1, -0.05) is 36.7 Å². The molecule has 1 amide bonds. The molecule has 0 saturated heterocycles. The van der Waals surface area contributed by atoms with Crippen molar-refractivity contribution in [1.82, 2.24) is 0 Å². The Kier molecular flexibility index (Phi) is 8.30. The van der Waals surface area contributed by atoms with Gasteiger partial charge in [0.15, 0.2) is 0 Å². The molecule has 0 aromatic heterocycles. The second-order valence-corrected chi connectivity index (χ2v) is 4.89. The monoisotopic (exact) mass is 320 g/mol. The van der Waals surface area contributed by atoms with Crippen molar-refractivity contribution in [3.8, 4) is 0 Å². The van der Waals surface area contributed by atoms with Gasteiger partial charge < -0.3 is 10.1 Å². The van der Waals surface area contributed by atoms with Crippen LogP contribution in [0.1, 0.15) is 25.3 Å². The van der Waals surface area contributed by atoms with Crippen LogP contribution in [0.2, 0.25) is 0 Å². The molecule has 1 aromatic carbocycles. The fourth-order valence-electron chi connectivity index (χ4n) is 1.84. The number of rotatable bonds is 11. The van der Waals surface area contributed by atoms with Gasteiger partial charge in [0, 0.05) is 29.6 Å². The highest BCUT2D eigenvalue weighted by atomic mass is 16.5. The number of nitroso groups, excluding NO2 is 2. The molecule has 0 aliphatic rings. The van der Waals surface area contributed by atoms with Gasteiger partial charge >= 0.3 is 5.91 Å². The molecule has 23 heavy (non-hydrogen) atoms. The molecule has 8 heteroatoms. The van der Waals surface area contributed by atoms with Crippen molar-refractivity contribution in [3.05, 3.63) is 39.6 Å². The number of nitrogens with zero attached hydrogens (tertiary/aromatic N) is 2. The van der Waals surface area contributed by atoms with E-state index in [1.807, 2.05) is 6.92 Å². The first-order valence-electron chi connectivity index (χ1n) is 7.33. The molecule has 8 nitrogen and oxygen atoms in total. The molecular weight excluding hydrogens is 300 g/mol. The fraction of sp³-hybridized carbons (Fsp3) is 0.467. The second-order valence-electron chi connectivity index (χ2n) is 4.89. The van der Waals surface area contributed by atoms with E-state index >= 15 is 0 Å². The standard InChI is InChI=1S/C15H20N4O4/c1-2-3-8-23-10-11(18-21)9-17-13-7-5-4-6-12(13)14(16)15(20)19-22/h4-7,11,16-17H,2-3,8-10H2,1H3. The maximum Gasteiger partial charge on any atom is 0.334 e. The molecule has 0 saturated carbocycles. The van der Waals surface area contributed by atoms with Gasteiger partial charge in [-0.2, -0.15) is 4.91 Å². The number of hydrogen-bond acceptors (Lipinski definition) is 7. The number of unbranched alkanes of at least 4 members (excludes halogenated alkanes) is 1. The maximum atomic E-state index is 11.2. The molecule has 1 atom stereocenters. The summed E-state index contributed by atoms with van der Waals surface area (Å²) < 4.78 is 5.36. The Morgan fingerprint density at radius 3 is 2.74 bits per heavy atom. The summed E-state index contributed by atoms with van der Waals surface area (Å²) in [7, 11) is 0.